The van der Waals surface area contributed by atoms with E-state index >= 15 is 0 Å². The van der Waals surface area contributed by atoms with E-state index in [1.807, 2.05) is 19.3 Å². The zero-order chi connectivity index (χ0) is 15.5. The molecule has 1 fully saturated rings. The van der Waals surface area contributed by atoms with Crippen LogP contribution in [-0.2, 0) is 7.05 Å². The molecule has 7 heteroatoms. The number of rotatable bonds is 4. The minimum absolute atomic E-state index is 0.205. The minimum atomic E-state index is -0.545. The van der Waals surface area contributed by atoms with Gasteiger partial charge in [0.15, 0.2) is 0 Å². The number of aromatic nitrogens is 4. The molecule has 1 aliphatic rings. The molecule has 3 heterocycles. The maximum absolute atomic E-state index is 10.4. The number of aliphatic hydroxyl groups is 1. The number of nitrogens with zero attached hydrogens (tertiary/aromatic N) is 6. The third-order valence-corrected chi connectivity index (χ3v) is 4.04. The average Bonchev–Trinajstić information content (AvgIpc) is 3.16. The summed E-state index contributed by atoms with van der Waals surface area (Å²) >= 11 is 0. The molecule has 0 aromatic carbocycles. The van der Waals surface area contributed by atoms with Gasteiger partial charge in [0.1, 0.15) is 23.9 Å². The Bertz CT molecular complexity index is 691. The van der Waals surface area contributed by atoms with E-state index in [4.69, 9.17) is 5.26 Å². The van der Waals surface area contributed by atoms with Crippen molar-refractivity contribution in [3.8, 4) is 6.07 Å². The summed E-state index contributed by atoms with van der Waals surface area (Å²) in [6, 6.07) is 3.95. The monoisotopic (exact) mass is 298 g/mol. The summed E-state index contributed by atoms with van der Waals surface area (Å²) in [4.78, 5) is 10.3. The summed E-state index contributed by atoms with van der Waals surface area (Å²) < 4.78 is 1.69. The molecule has 1 N–H and O–H groups in total. The fourth-order valence-corrected chi connectivity index (χ4v) is 2.95. The van der Waals surface area contributed by atoms with Gasteiger partial charge in [-0.1, -0.05) is 0 Å². The lowest BCUT2D eigenvalue weighted by Crippen LogP contribution is -2.31. The second-order valence-corrected chi connectivity index (χ2v) is 5.56. The smallest absolute Gasteiger partial charge is 0.145 e. The van der Waals surface area contributed by atoms with Gasteiger partial charge in [-0.3, -0.25) is 4.68 Å². The molecule has 0 bridgehead atoms. The number of nitriles is 1. The molecular weight excluding hydrogens is 280 g/mol. The summed E-state index contributed by atoms with van der Waals surface area (Å²) in [5.74, 6) is 0.757. The van der Waals surface area contributed by atoms with E-state index in [-0.39, 0.29) is 6.04 Å². The molecule has 0 radical (unpaired) electrons. The molecule has 0 amide bonds. The fraction of sp³-hybridized carbons (Fsp3) is 0.467. The van der Waals surface area contributed by atoms with Crippen LogP contribution in [-0.4, -0.2) is 37.4 Å². The van der Waals surface area contributed by atoms with Crippen LogP contribution in [0.15, 0.2) is 24.8 Å². The van der Waals surface area contributed by atoms with Gasteiger partial charge in [-0.15, -0.1) is 0 Å². The molecule has 1 aliphatic heterocycles. The van der Waals surface area contributed by atoms with Gasteiger partial charge in [0, 0.05) is 37.5 Å². The molecule has 2 aromatic heterocycles. The van der Waals surface area contributed by atoms with Crippen molar-refractivity contribution in [1.82, 2.24) is 19.7 Å². The summed E-state index contributed by atoms with van der Waals surface area (Å²) in [7, 11) is 1.84. The van der Waals surface area contributed by atoms with Crippen molar-refractivity contribution in [2.24, 2.45) is 7.05 Å². The van der Waals surface area contributed by atoms with Gasteiger partial charge in [-0.05, 0) is 19.3 Å². The number of anilines is 1. The number of aryl methyl sites for hydroxylation is 1. The topological polar surface area (TPSA) is 90.9 Å². The normalized spacial score (nSPS) is 19.1. The summed E-state index contributed by atoms with van der Waals surface area (Å²) in [5.41, 5.74) is 1.19. The van der Waals surface area contributed by atoms with E-state index in [0.717, 1.165) is 30.8 Å². The lowest BCUT2D eigenvalue weighted by molar-refractivity contribution is 0.158. The molecule has 7 nitrogen and oxygen atoms in total. The van der Waals surface area contributed by atoms with Gasteiger partial charge in [0.05, 0.1) is 12.3 Å². The first kappa shape index (κ1) is 14.5. The quantitative estimate of drug-likeness (QED) is 0.911. The molecule has 114 valence electrons. The van der Waals surface area contributed by atoms with E-state index in [2.05, 4.69) is 20.0 Å². The van der Waals surface area contributed by atoms with Gasteiger partial charge < -0.3 is 10.0 Å². The van der Waals surface area contributed by atoms with Gasteiger partial charge in [-0.25, -0.2) is 9.97 Å². The second kappa shape index (κ2) is 6.12. The predicted molar refractivity (Wildman–Crippen MR) is 79.9 cm³/mol. The summed E-state index contributed by atoms with van der Waals surface area (Å²) in [6.07, 6.45) is 7.08. The SMILES string of the molecule is Cn1cc(C(O)CC2CCCN2c2cc(C#N)ncn2)cn1. The molecule has 22 heavy (non-hydrogen) atoms. The van der Waals surface area contributed by atoms with Crippen molar-refractivity contribution in [3.63, 3.8) is 0 Å². The van der Waals surface area contributed by atoms with Gasteiger partial charge in [0.2, 0.25) is 0 Å². The molecule has 0 aliphatic carbocycles. The average molecular weight is 298 g/mol. The first-order valence-electron chi connectivity index (χ1n) is 7.33. The molecule has 3 rings (SSSR count). The van der Waals surface area contributed by atoms with Gasteiger partial charge in [-0.2, -0.15) is 10.4 Å². The van der Waals surface area contributed by atoms with E-state index < -0.39 is 6.10 Å². The highest BCUT2D eigenvalue weighted by Gasteiger charge is 2.28. The highest BCUT2D eigenvalue weighted by atomic mass is 16.3. The van der Waals surface area contributed by atoms with Crippen molar-refractivity contribution < 1.29 is 5.11 Å². The van der Waals surface area contributed by atoms with Gasteiger partial charge in [0.25, 0.3) is 0 Å². The van der Waals surface area contributed by atoms with Crippen LogP contribution in [0.3, 0.4) is 0 Å². The Hall–Kier alpha value is -2.46. The number of hydrogen-bond donors (Lipinski definition) is 1. The fourth-order valence-electron chi connectivity index (χ4n) is 2.95. The van der Waals surface area contributed by atoms with Crippen molar-refractivity contribution in [2.75, 3.05) is 11.4 Å². The Morgan fingerprint density at radius 2 is 2.36 bits per heavy atom. The van der Waals surface area contributed by atoms with E-state index in [0.29, 0.717) is 12.1 Å². The molecule has 2 aromatic rings. The summed E-state index contributed by atoms with van der Waals surface area (Å²) in [6.45, 7) is 0.881. The highest BCUT2D eigenvalue weighted by molar-refractivity contribution is 5.44. The van der Waals surface area contributed by atoms with Crippen molar-refractivity contribution in [2.45, 2.75) is 31.4 Å². The zero-order valence-corrected chi connectivity index (χ0v) is 12.4. The van der Waals surface area contributed by atoms with Crippen LogP contribution in [0, 0.1) is 11.3 Å². The largest absolute Gasteiger partial charge is 0.388 e. The van der Waals surface area contributed by atoms with Crippen LogP contribution < -0.4 is 4.90 Å². The van der Waals surface area contributed by atoms with E-state index in [1.54, 1.807) is 16.9 Å². The first-order chi connectivity index (χ1) is 10.7. The Balaban J connectivity index is 1.74. The Morgan fingerprint density at radius 1 is 1.50 bits per heavy atom. The van der Waals surface area contributed by atoms with Crippen LogP contribution in [0.1, 0.15) is 36.6 Å². The third kappa shape index (κ3) is 2.92. The third-order valence-electron chi connectivity index (χ3n) is 4.04. The standard InChI is InChI=1S/C15H18N6O/c1-20-9-11(8-19-20)14(22)6-13-3-2-4-21(13)15-5-12(7-16)17-10-18-15/h5,8-10,13-14,22H,2-4,6H2,1H3. The molecule has 2 atom stereocenters. The maximum atomic E-state index is 10.4. The zero-order valence-electron chi connectivity index (χ0n) is 12.4. The Labute approximate surface area is 128 Å². The van der Waals surface area contributed by atoms with E-state index in [9.17, 15) is 5.11 Å². The lowest BCUT2D eigenvalue weighted by Gasteiger charge is -2.27. The van der Waals surface area contributed by atoms with Crippen molar-refractivity contribution in [3.05, 3.63) is 36.0 Å². The summed E-state index contributed by atoms with van der Waals surface area (Å²) in [5, 5.41) is 23.5. The number of aliphatic hydroxyl groups excluding tert-OH is 1. The van der Waals surface area contributed by atoms with Crippen molar-refractivity contribution >= 4 is 5.82 Å². The predicted octanol–water partition coefficient (Wildman–Crippen LogP) is 1.17. The van der Waals surface area contributed by atoms with Crippen LogP contribution in [0.2, 0.25) is 0 Å². The van der Waals surface area contributed by atoms with Crippen LogP contribution >= 0.6 is 0 Å². The first-order valence-corrected chi connectivity index (χ1v) is 7.33. The van der Waals surface area contributed by atoms with Crippen molar-refractivity contribution in [1.29, 1.82) is 5.26 Å². The minimum Gasteiger partial charge on any atom is -0.388 e. The molecule has 0 saturated carbocycles. The Morgan fingerprint density at radius 3 is 3.09 bits per heavy atom. The maximum Gasteiger partial charge on any atom is 0.145 e. The molecule has 1 saturated heterocycles. The van der Waals surface area contributed by atoms with Crippen LogP contribution in [0.4, 0.5) is 5.82 Å². The Kier molecular flexibility index (Phi) is 4.02. The second-order valence-electron chi connectivity index (χ2n) is 5.56. The lowest BCUT2D eigenvalue weighted by atomic mass is 10.0. The van der Waals surface area contributed by atoms with Gasteiger partial charge >= 0.3 is 0 Å². The molecule has 2 unspecified atom stereocenters. The molecular formula is C15H18N6O. The van der Waals surface area contributed by atoms with E-state index in [1.165, 1.54) is 6.33 Å². The number of hydrogen-bond acceptors (Lipinski definition) is 6. The highest BCUT2D eigenvalue weighted by Crippen LogP contribution is 2.30. The van der Waals surface area contributed by atoms with Crippen LogP contribution in [0.5, 0.6) is 0 Å². The van der Waals surface area contributed by atoms with Crippen LogP contribution in [0.25, 0.3) is 0 Å². The molecule has 0 spiro atoms.